The van der Waals surface area contributed by atoms with Gasteiger partial charge < -0.3 is 14.8 Å². The summed E-state index contributed by atoms with van der Waals surface area (Å²) in [5.74, 6) is -2.02. The minimum absolute atomic E-state index is 0. The van der Waals surface area contributed by atoms with Gasteiger partial charge in [0.25, 0.3) is 0 Å². The zero-order valence-corrected chi connectivity index (χ0v) is 13.5. The van der Waals surface area contributed by atoms with Crippen molar-refractivity contribution in [3.8, 4) is 5.75 Å². The molecule has 0 amide bonds. The number of ether oxygens (including phenoxy) is 2. The van der Waals surface area contributed by atoms with Gasteiger partial charge in [0.2, 0.25) is 0 Å². The van der Waals surface area contributed by atoms with Crippen molar-refractivity contribution in [3.05, 3.63) is 65.5 Å². The van der Waals surface area contributed by atoms with Crippen molar-refractivity contribution in [1.82, 2.24) is 5.32 Å². The fraction of sp³-hybridized carbons (Fsp3) is 0.294. The first-order valence-corrected chi connectivity index (χ1v) is 7.33. The van der Waals surface area contributed by atoms with E-state index in [1.54, 1.807) is 12.1 Å². The third-order valence-corrected chi connectivity index (χ3v) is 3.62. The molecule has 0 aromatic heterocycles. The van der Waals surface area contributed by atoms with Gasteiger partial charge in [-0.25, -0.2) is 13.2 Å². The number of nitrogens with one attached hydrogen (secondary N) is 1. The minimum atomic E-state index is -0.810. The Labute approximate surface area is 144 Å². The molecule has 130 valence electrons. The molecule has 3 nitrogen and oxygen atoms in total. The van der Waals surface area contributed by atoms with Gasteiger partial charge in [0.15, 0.2) is 17.7 Å². The smallest absolute Gasteiger partial charge is 0.168 e. The molecule has 2 atom stereocenters. The molecule has 2 aromatic rings. The largest absolute Gasteiger partial charge is 0.480 e. The summed E-state index contributed by atoms with van der Waals surface area (Å²) < 4.78 is 51.8. The minimum Gasteiger partial charge on any atom is -0.480 e. The SMILES string of the molecule is Cl.Fc1cccc([C@H](Oc2ccc(F)cc2F)[C@@H]2CNCCO2)c1. The summed E-state index contributed by atoms with van der Waals surface area (Å²) in [4.78, 5) is 0. The molecule has 0 radical (unpaired) electrons. The molecule has 2 aromatic carbocycles. The molecule has 0 spiro atoms. The molecule has 1 aliphatic heterocycles. The quantitative estimate of drug-likeness (QED) is 0.904. The summed E-state index contributed by atoms with van der Waals surface area (Å²) >= 11 is 0. The van der Waals surface area contributed by atoms with Crippen molar-refractivity contribution >= 4 is 12.4 Å². The second kappa shape index (κ2) is 8.37. The van der Waals surface area contributed by atoms with Gasteiger partial charge in [-0.15, -0.1) is 12.4 Å². The number of hydrogen-bond donors (Lipinski definition) is 1. The van der Waals surface area contributed by atoms with Crippen LogP contribution in [0.2, 0.25) is 0 Å². The number of benzene rings is 2. The third kappa shape index (κ3) is 4.41. The van der Waals surface area contributed by atoms with E-state index in [0.29, 0.717) is 25.3 Å². The van der Waals surface area contributed by atoms with Crippen LogP contribution in [0.4, 0.5) is 13.2 Å². The van der Waals surface area contributed by atoms with E-state index >= 15 is 0 Å². The van der Waals surface area contributed by atoms with Crippen molar-refractivity contribution in [2.75, 3.05) is 19.7 Å². The lowest BCUT2D eigenvalue weighted by atomic mass is 10.0. The Morgan fingerprint density at radius 3 is 2.54 bits per heavy atom. The second-order valence-electron chi connectivity index (χ2n) is 5.28. The summed E-state index contributed by atoms with van der Waals surface area (Å²) in [6.07, 6.45) is -1.12. The van der Waals surface area contributed by atoms with E-state index in [1.165, 1.54) is 18.2 Å². The van der Waals surface area contributed by atoms with Gasteiger partial charge in [-0.1, -0.05) is 12.1 Å². The number of rotatable bonds is 4. The van der Waals surface area contributed by atoms with Crippen LogP contribution >= 0.6 is 12.4 Å². The van der Waals surface area contributed by atoms with Crippen LogP contribution in [0.3, 0.4) is 0 Å². The maximum absolute atomic E-state index is 13.9. The van der Waals surface area contributed by atoms with Gasteiger partial charge in [-0.05, 0) is 29.8 Å². The first kappa shape index (κ1) is 18.6. The zero-order valence-electron chi connectivity index (χ0n) is 12.7. The summed E-state index contributed by atoms with van der Waals surface area (Å²) in [7, 11) is 0. The second-order valence-corrected chi connectivity index (χ2v) is 5.28. The number of hydrogen-bond acceptors (Lipinski definition) is 3. The molecule has 1 fully saturated rings. The first-order chi connectivity index (χ1) is 11.1. The van der Waals surface area contributed by atoms with Crippen LogP contribution in [-0.4, -0.2) is 25.8 Å². The highest BCUT2D eigenvalue weighted by atomic mass is 35.5. The van der Waals surface area contributed by atoms with Crippen LogP contribution in [-0.2, 0) is 4.74 Å². The highest BCUT2D eigenvalue weighted by Gasteiger charge is 2.29. The van der Waals surface area contributed by atoms with E-state index in [2.05, 4.69) is 5.32 Å². The molecule has 1 saturated heterocycles. The monoisotopic (exact) mass is 359 g/mol. The van der Waals surface area contributed by atoms with Crippen molar-refractivity contribution < 1.29 is 22.6 Å². The van der Waals surface area contributed by atoms with Crippen LogP contribution in [0.5, 0.6) is 5.75 Å². The lowest BCUT2D eigenvalue weighted by Crippen LogP contribution is -2.43. The predicted octanol–water partition coefficient (Wildman–Crippen LogP) is 3.63. The molecule has 7 heteroatoms. The highest BCUT2D eigenvalue weighted by Crippen LogP contribution is 2.29. The molecule has 0 bridgehead atoms. The van der Waals surface area contributed by atoms with Crippen molar-refractivity contribution in [2.45, 2.75) is 12.2 Å². The third-order valence-electron chi connectivity index (χ3n) is 3.62. The predicted molar refractivity (Wildman–Crippen MR) is 86.0 cm³/mol. The Morgan fingerprint density at radius 2 is 1.88 bits per heavy atom. The molecule has 0 unspecified atom stereocenters. The van der Waals surface area contributed by atoms with E-state index < -0.39 is 29.7 Å². The van der Waals surface area contributed by atoms with Gasteiger partial charge in [0.1, 0.15) is 17.7 Å². The maximum Gasteiger partial charge on any atom is 0.168 e. The van der Waals surface area contributed by atoms with Crippen LogP contribution in [0.25, 0.3) is 0 Å². The molecule has 1 aliphatic rings. The molecule has 3 rings (SSSR count). The summed E-state index contributed by atoms with van der Waals surface area (Å²) in [5.41, 5.74) is 0.530. The average molecular weight is 360 g/mol. The Kier molecular flexibility index (Phi) is 6.48. The van der Waals surface area contributed by atoms with Crippen molar-refractivity contribution in [3.63, 3.8) is 0 Å². The lowest BCUT2D eigenvalue weighted by Gasteiger charge is -2.31. The van der Waals surface area contributed by atoms with E-state index in [4.69, 9.17) is 9.47 Å². The number of halogens is 4. The molecule has 1 N–H and O–H groups in total. The molecule has 0 aliphatic carbocycles. The van der Waals surface area contributed by atoms with Crippen LogP contribution < -0.4 is 10.1 Å². The maximum atomic E-state index is 13.9. The van der Waals surface area contributed by atoms with Gasteiger partial charge in [0.05, 0.1) is 6.61 Å². The van der Waals surface area contributed by atoms with Crippen LogP contribution in [0.1, 0.15) is 11.7 Å². The average Bonchev–Trinajstić information content (AvgIpc) is 2.55. The molecule has 0 saturated carbocycles. The highest BCUT2D eigenvalue weighted by molar-refractivity contribution is 5.85. The van der Waals surface area contributed by atoms with Gasteiger partial charge >= 0.3 is 0 Å². The van der Waals surface area contributed by atoms with Crippen molar-refractivity contribution in [2.24, 2.45) is 0 Å². The summed E-state index contributed by atoms with van der Waals surface area (Å²) in [6, 6.07) is 8.96. The Balaban J connectivity index is 0.00000208. The van der Waals surface area contributed by atoms with Crippen molar-refractivity contribution in [1.29, 1.82) is 0 Å². The fourth-order valence-corrected chi connectivity index (χ4v) is 2.53. The van der Waals surface area contributed by atoms with E-state index in [0.717, 1.165) is 12.1 Å². The Bertz CT molecular complexity index is 681. The molecule has 24 heavy (non-hydrogen) atoms. The van der Waals surface area contributed by atoms with Gasteiger partial charge in [-0.3, -0.25) is 0 Å². The molecular formula is C17H17ClF3NO2. The number of morpholine rings is 1. The van der Waals surface area contributed by atoms with Crippen LogP contribution in [0, 0.1) is 17.5 Å². The van der Waals surface area contributed by atoms with Gasteiger partial charge in [0, 0.05) is 19.2 Å². The fourth-order valence-electron chi connectivity index (χ4n) is 2.53. The lowest BCUT2D eigenvalue weighted by molar-refractivity contribution is -0.0443. The zero-order chi connectivity index (χ0) is 16.2. The molecular weight excluding hydrogens is 343 g/mol. The van der Waals surface area contributed by atoms with E-state index in [1.807, 2.05) is 0 Å². The Hall–Kier alpha value is -1.76. The van der Waals surface area contributed by atoms with E-state index in [9.17, 15) is 13.2 Å². The summed E-state index contributed by atoms with van der Waals surface area (Å²) in [6.45, 7) is 1.67. The Morgan fingerprint density at radius 1 is 1.08 bits per heavy atom. The topological polar surface area (TPSA) is 30.5 Å². The first-order valence-electron chi connectivity index (χ1n) is 7.33. The van der Waals surface area contributed by atoms with E-state index in [-0.39, 0.29) is 18.2 Å². The van der Waals surface area contributed by atoms with Gasteiger partial charge in [-0.2, -0.15) is 0 Å². The standard InChI is InChI=1S/C17H16F3NO2.ClH/c18-12-3-1-2-11(8-12)17(16-10-21-6-7-22-16)23-15-5-4-13(19)9-14(15)20;/h1-5,8-9,16-17,21H,6-7,10H2;1H/t16-,17-;/m0./s1. The summed E-state index contributed by atoms with van der Waals surface area (Å²) in [5, 5.41) is 3.16. The van der Waals surface area contributed by atoms with Crippen LogP contribution in [0.15, 0.2) is 42.5 Å². The normalized spacial score (nSPS) is 18.5. The molecule has 1 heterocycles.